The second kappa shape index (κ2) is 5.92. The second-order valence-corrected chi connectivity index (χ2v) is 6.24. The van der Waals surface area contributed by atoms with Gasteiger partial charge in [0.2, 0.25) is 10.0 Å². The van der Waals surface area contributed by atoms with Crippen molar-refractivity contribution < 1.29 is 26.0 Å². The third kappa shape index (κ3) is 3.87. The third-order valence-corrected chi connectivity index (χ3v) is 4.27. The summed E-state index contributed by atoms with van der Waals surface area (Å²) < 4.78 is 74.1. The molecular weight excluding hydrogens is 347 g/mol. The van der Waals surface area contributed by atoms with Crippen molar-refractivity contribution in [2.75, 3.05) is 12.3 Å². The monoisotopic (exact) mass is 354 g/mol. The van der Waals surface area contributed by atoms with E-state index < -0.39 is 44.5 Å². The first-order valence-corrected chi connectivity index (χ1v) is 7.11. The number of rotatable bonds is 5. The van der Waals surface area contributed by atoms with Crippen molar-refractivity contribution in [2.45, 2.75) is 17.2 Å². The minimum Gasteiger partial charge on any atom is -0.398 e. The van der Waals surface area contributed by atoms with Crippen molar-refractivity contribution in [1.82, 2.24) is 4.72 Å². The van der Waals surface area contributed by atoms with Crippen LogP contribution in [-0.2, 0) is 10.0 Å². The Morgan fingerprint density at radius 2 is 1.85 bits per heavy atom. The molecule has 0 unspecified atom stereocenters. The SMILES string of the molecule is Nc1cc(Cl)cc(Cl)c1S(=O)(=O)NCC(F)(F)C(F)F. The average molecular weight is 355 g/mol. The van der Waals surface area contributed by atoms with E-state index in [4.69, 9.17) is 28.9 Å². The average Bonchev–Trinajstić information content (AvgIpc) is 2.24. The Labute approximate surface area is 121 Å². The molecule has 0 radical (unpaired) electrons. The van der Waals surface area contributed by atoms with Crippen LogP contribution in [0.3, 0.4) is 0 Å². The van der Waals surface area contributed by atoms with Crippen LogP contribution in [-0.4, -0.2) is 27.3 Å². The van der Waals surface area contributed by atoms with Gasteiger partial charge in [0.15, 0.2) is 0 Å². The van der Waals surface area contributed by atoms with Crippen LogP contribution in [0.15, 0.2) is 17.0 Å². The van der Waals surface area contributed by atoms with Crippen molar-refractivity contribution in [2.24, 2.45) is 0 Å². The smallest absolute Gasteiger partial charge is 0.320 e. The summed E-state index contributed by atoms with van der Waals surface area (Å²) in [4.78, 5) is -0.700. The van der Waals surface area contributed by atoms with Crippen LogP contribution in [0.1, 0.15) is 0 Å². The molecule has 20 heavy (non-hydrogen) atoms. The zero-order chi connectivity index (χ0) is 15.7. The molecule has 0 aromatic heterocycles. The predicted octanol–water partition coefficient (Wildman–Crippen LogP) is 2.75. The standard InChI is InChI=1S/C9H8Cl2F4N2O2S/c10-4-1-5(11)7(6(16)2-4)20(18,19)17-3-9(14,15)8(12)13/h1-2,8,17H,3,16H2. The molecule has 0 aliphatic heterocycles. The first kappa shape index (κ1) is 17.3. The second-order valence-electron chi connectivity index (χ2n) is 3.69. The molecule has 0 spiro atoms. The maximum Gasteiger partial charge on any atom is 0.320 e. The maximum absolute atomic E-state index is 12.7. The van der Waals surface area contributed by atoms with E-state index >= 15 is 0 Å². The molecule has 0 atom stereocenters. The maximum atomic E-state index is 12.7. The molecule has 114 valence electrons. The van der Waals surface area contributed by atoms with Gasteiger partial charge in [0, 0.05) is 5.02 Å². The fourth-order valence-electron chi connectivity index (χ4n) is 1.20. The van der Waals surface area contributed by atoms with E-state index in [0.29, 0.717) is 0 Å². The lowest BCUT2D eigenvalue weighted by molar-refractivity contribution is -0.122. The van der Waals surface area contributed by atoms with Gasteiger partial charge < -0.3 is 5.73 Å². The third-order valence-electron chi connectivity index (χ3n) is 2.12. The summed E-state index contributed by atoms with van der Waals surface area (Å²) in [5.74, 6) is -4.51. The first-order chi connectivity index (χ1) is 8.97. The fourth-order valence-corrected chi connectivity index (χ4v) is 3.23. The molecule has 0 saturated heterocycles. The number of halogens is 6. The molecule has 0 amide bonds. The van der Waals surface area contributed by atoms with Crippen LogP contribution < -0.4 is 10.5 Å². The van der Waals surface area contributed by atoms with E-state index in [1.165, 1.54) is 4.72 Å². The molecule has 0 aliphatic carbocycles. The molecular formula is C9H8Cl2F4N2O2S. The lowest BCUT2D eigenvalue weighted by Gasteiger charge is -2.17. The fraction of sp³-hybridized carbons (Fsp3) is 0.333. The largest absolute Gasteiger partial charge is 0.398 e. The molecule has 0 heterocycles. The van der Waals surface area contributed by atoms with Crippen molar-refractivity contribution in [3.05, 3.63) is 22.2 Å². The Bertz CT molecular complexity index is 587. The number of hydrogen-bond acceptors (Lipinski definition) is 3. The summed E-state index contributed by atoms with van der Waals surface area (Å²) >= 11 is 11.2. The predicted molar refractivity (Wildman–Crippen MR) is 67.0 cm³/mol. The minimum absolute atomic E-state index is 0.0318. The van der Waals surface area contributed by atoms with Gasteiger partial charge in [0.05, 0.1) is 17.3 Å². The molecule has 11 heteroatoms. The van der Waals surface area contributed by atoms with Gasteiger partial charge in [0.25, 0.3) is 0 Å². The van der Waals surface area contributed by atoms with E-state index in [9.17, 15) is 26.0 Å². The number of nitrogens with two attached hydrogens (primary N) is 1. The van der Waals surface area contributed by atoms with Gasteiger partial charge in [-0.15, -0.1) is 0 Å². The number of sulfonamides is 1. The molecule has 0 saturated carbocycles. The summed E-state index contributed by atoms with van der Waals surface area (Å²) in [6.07, 6.45) is -4.01. The molecule has 0 aliphatic rings. The number of benzene rings is 1. The van der Waals surface area contributed by atoms with Gasteiger partial charge in [-0.1, -0.05) is 23.2 Å². The van der Waals surface area contributed by atoms with Crippen LogP contribution in [0.2, 0.25) is 10.0 Å². The van der Waals surface area contributed by atoms with Gasteiger partial charge in [-0.3, -0.25) is 0 Å². The number of nitrogens with one attached hydrogen (secondary N) is 1. The number of hydrogen-bond donors (Lipinski definition) is 2. The van der Waals surface area contributed by atoms with E-state index in [1.807, 2.05) is 0 Å². The quantitative estimate of drug-likeness (QED) is 0.630. The molecule has 0 bridgehead atoms. The summed E-state index contributed by atoms with van der Waals surface area (Å²) in [5.41, 5.74) is 4.99. The van der Waals surface area contributed by atoms with E-state index in [-0.39, 0.29) is 5.02 Å². The zero-order valence-corrected chi connectivity index (χ0v) is 11.8. The summed E-state index contributed by atoms with van der Waals surface area (Å²) in [6, 6.07) is 2.06. The Kier molecular flexibility index (Phi) is 5.12. The molecule has 0 fully saturated rings. The summed E-state index contributed by atoms with van der Waals surface area (Å²) in [7, 11) is -4.58. The number of alkyl halides is 4. The van der Waals surface area contributed by atoms with E-state index in [0.717, 1.165) is 12.1 Å². The Morgan fingerprint density at radius 1 is 1.30 bits per heavy atom. The normalized spacial score (nSPS) is 12.9. The van der Waals surface area contributed by atoms with E-state index in [1.54, 1.807) is 0 Å². The van der Waals surface area contributed by atoms with Crippen LogP contribution in [0.5, 0.6) is 0 Å². The van der Waals surface area contributed by atoms with Gasteiger partial charge >= 0.3 is 12.3 Å². The Balaban J connectivity index is 3.08. The van der Waals surface area contributed by atoms with E-state index in [2.05, 4.69) is 0 Å². The Hall–Kier alpha value is -0.770. The number of nitrogen functional groups attached to an aromatic ring is 1. The zero-order valence-electron chi connectivity index (χ0n) is 9.51. The molecule has 3 N–H and O–H groups in total. The van der Waals surface area contributed by atoms with Crippen molar-refractivity contribution >= 4 is 38.9 Å². The highest BCUT2D eigenvalue weighted by atomic mass is 35.5. The molecule has 1 aromatic carbocycles. The van der Waals surface area contributed by atoms with Crippen molar-refractivity contribution in [3.63, 3.8) is 0 Å². The molecule has 4 nitrogen and oxygen atoms in total. The summed E-state index contributed by atoms with van der Waals surface area (Å²) in [5, 5.41) is -0.382. The lowest BCUT2D eigenvalue weighted by atomic mass is 10.3. The van der Waals surface area contributed by atoms with Gasteiger partial charge in [0.1, 0.15) is 4.90 Å². The van der Waals surface area contributed by atoms with Gasteiger partial charge in [-0.2, -0.15) is 8.78 Å². The molecule has 1 aromatic rings. The first-order valence-electron chi connectivity index (χ1n) is 4.87. The number of anilines is 1. The topological polar surface area (TPSA) is 72.2 Å². The highest BCUT2D eigenvalue weighted by Crippen LogP contribution is 2.31. The minimum atomic E-state index is -4.58. The Morgan fingerprint density at radius 3 is 2.30 bits per heavy atom. The lowest BCUT2D eigenvalue weighted by Crippen LogP contribution is -2.41. The highest BCUT2D eigenvalue weighted by molar-refractivity contribution is 7.89. The van der Waals surface area contributed by atoms with Gasteiger partial charge in [-0.25, -0.2) is 21.9 Å². The summed E-state index contributed by atoms with van der Waals surface area (Å²) in [6.45, 7) is -1.79. The highest BCUT2D eigenvalue weighted by Gasteiger charge is 2.42. The van der Waals surface area contributed by atoms with Crippen LogP contribution in [0, 0.1) is 0 Å². The van der Waals surface area contributed by atoms with Crippen molar-refractivity contribution in [3.8, 4) is 0 Å². The van der Waals surface area contributed by atoms with Crippen molar-refractivity contribution in [1.29, 1.82) is 0 Å². The molecule has 1 rings (SSSR count). The van der Waals surface area contributed by atoms with Gasteiger partial charge in [-0.05, 0) is 12.1 Å². The van der Waals surface area contributed by atoms with Crippen LogP contribution in [0.4, 0.5) is 23.2 Å². The van der Waals surface area contributed by atoms with Crippen LogP contribution in [0.25, 0.3) is 0 Å². The van der Waals surface area contributed by atoms with Crippen LogP contribution >= 0.6 is 23.2 Å².